The van der Waals surface area contributed by atoms with Gasteiger partial charge in [-0.25, -0.2) is 0 Å². The third kappa shape index (κ3) is 5.83. The van der Waals surface area contributed by atoms with Gasteiger partial charge in [-0.3, -0.25) is 14.5 Å². The molecule has 164 valence electrons. The number of carbonyl (C=O) groups excluding carboxylic acids is 2. The maximum Gasteiger partial charge on any atom is 0.309 e. The van der Waals surface area contributed by atoms with Crippen LogP contribution >= 0.6 is 11.3 Å². The number of allylic oxidation sites excluding steroid dienone is 1. The summed E-state index contributed by atoms with van der Waals surface area (Å²) in [7, 11) is 0. The van der Waals surface area contributed by atoms with Gasteiger partial charge in [0.1, 0.15) is 0 Å². The summed E-state index contributed by atoms with van der Waals surface area (Å²) in [5.74, 6) is -1.08. The van der Waals surface area contributed by atoms with E-state index in [9.17, 15) is 9.59 Å². The van der Waals surface area contributed by atoms with Crippen LogP contribution in [0.15, 0.2) is 53.4 Å². The number of benzene rings is 1. The minimum absolute atomic E-state index is 0.0671. The molecule has 6 heteroatoms. The molecule has 1 unspecified atom stereocenters. The molecule has 1 aliphatic carbocycles. The molecule has 1 aromatic heterocycles. The Morgan fingerprint density at radius 1 is 1.00 bits per heavy atom. The Labute approximate surface area is 188 Å². The first-order chi connectivity index (χ1) is 15.2. The summed E-state index contributed by atoms with van der Waals surface area (Å²) >= 11 is 1.70. The molecule has 0 radical (unpaired) electrons. The van der Waals surface area contributed by atoms with Crippen LogP contribution < -0.4 is 10.6 Å². The van der Waals surface area contributed by atoms with Gasteiger partial charge in [-0.15, -0.1) is 11.3 Å². The summed E-state index contributed by atoms with van der Waals surface area (Å²) in [5.41, 5.74) is 4.15. The van der Waals surface area contributed by atoms with Crippen LogP contribution in [0, 0.1) is 0 Å². The SMILES string of the molecule is O=C(NCCC1=CCCCC1)C(=O)NCC(c1cccs1)N1CCc2ccccc2C1. The molecule has 31 heavy (non-hydrogen) atoms. The van der Waals surface area contributed by atoms with E-state index in [0.717, 1.165) is 38.8 Å². The molecule has 0 saturated carbocycles. The lowest BCUT2D eigenvalue weighted by molar-refractivity contribution is -0.139. The van der Waals surface area contributed by atoms with Gasteiger partial charge in [0.05, 0.1) is 6.04 Å². The van der Waals surface area contributed by atoms with Gasteiger partial charge in [-0.05, 0) is 61.1 Å². The van der Waals surface area contributed by atoms with Crippen LogP contribution in [0.2, 0.25) is 0 Å². The van der Waals surface area contributed by atoms with E-state index >= 15 is 0 Å². The van der Waals surface area contributed by atoms with Gasteiger partial charge < -0.3 is 10.6 Å². The number of hydrogen-bond donors (Lipinski definition) is 2. The van der Waals surface area contributed by atoms with Crippen LogP contribution in [0.1, 0.15) is 54.1 Å². The highest BCUT2D eigenvalue weighted by atomic mass is 32.1. The zero-order valence-corrected chi connectivity index (χ0v) is 18.8. The van der Waals surface area contributed by atoms with Gasteiger partial charge in [0, 0.05) is 31.1 Å². The van der Waals surface area contributed by atoms with Gasteiger partial charge in [0.15, 0.2) is 0 Å². The average molecular weight is 438 g/mol. The minimum atomic E-state index is -0.545. The average Bonchev–Trinajstić information content (AvgIpc) is 3.34. The van der Waals surface area contributed by atoms with E-state index in [4.69, 9.17) is 0 Å². The Balaban J connectivity index is 1.31. The molecule has 4 rings (SSSR count). The van der Waals surface area contributed by atoms with Crippen LogP contribution in [0.3, 0.4) is 0 Å². The third-order valence-corrected chi connectivity index (χ3v) is 7.22. The zero-order chi connectivity index (χ0) is 21.5. The lowest BCUT2D eigenvalue weighted by atomic mass is 9.97. The normalized spacial score (nSPS) is 17.4. The van der Waals surface area contributed by atoms with Crippen molar-refractivity contribution in [3.8, 4) is 0 Å². The van der Waals surface area contributed by atoms with Crippen LogP contribution in [0.4, 0.5) is 0 Å². The summed E-state index contributed by atoms with van der Waals surface area (Å²) in [6.45, 7) is 2.75. The van der Waals surface area contributed by atoms with Crippen molar-refractivity contribution in [2.24, 2.45) is 0 Å². The smallest absolute Gasteiger partial charge is 0.309 e. The Kier molecular flexibility index (Phi) is 7.54. The predicted octanol–water partition coefficient (Wildman–Crippen LogP) is 3.97. The fourth-order valence-corrected chi connectivity index (χ4v) is 5.35. The Morgan fingerprint density at radius 3 is 2.61 bits per heavy atom. The van der Waals surface area contributed by atoms with Crippen molar-refractivity contribution in [1.29, 1.82) is 0 Å². The van der Waals surface area contributed by atoms with E-state index in [1.54, 1.807) is 11.3 Å². The third-order valence-electron chi connectivity index (χ3n) is 6.25. The largest absolute Gasteiger partial charge is 0.348 e. The lowest BCUT2D eigenvalue weighted by Gasteiger charge is -2.35. The number of nitrogens with one attached hydrogen (secondary N) is 2. The maximum atomic E-state index is 12.4. The van der Waals surface area contributed by atoms with Crippen molar-refractivity contribution >= 4 is 23.2 Å². The van der Waals surface area contributed by atoms with Gasteiger partial charge in [0.25, 0.3) is 0 Å². The first kappa shape index (κ1) is 21.8. The van der Waals surface area contributed by atoms with Crippen molar-refractivity contribution in [3.63, 3.8) is 0 Å². The monoisotopic (exact) mass is 437 g/mol. The van der Waals surface area contributed by atoms with Gasteiger partial charge in [0.2, 0.25) is 0 Å². The van der Waals surface area contributed by atoms with E-state index in [2.05, 4.69) is 57.3 Å². The van der Waals surface area contributed by atoms with Crippen molar-refractivity contribution < 1.29 is 9.59 Å². The van der Waals surface area contributed by atoms with Gasteiger partial charge in [-0.1, -0.05) is 42.0 Å². The number of carbonyl (C=O) groups is 2. The molecule has 2 amide bonds. The highest BCUT2D eigenvalue weighted by Gasteiger charge is 2.26. The Morgan fingerprint density at radius 2 is 1.84 bits per heavy atom. The minimum Gasteiger partial charge on any atom is -0.348 e. The molecule has 5 nitrogen and oxygen atoms in total. The number of thiophene rings is 1. The van der Waals surface area contributed by atoms with Crippen molar-refractivity contribution in [3.05, 3.63) is 69.4 Å². The number of fused-ring (bicyclic) bond motifs is 1. The van der Waals surface area contributed by atoms with Crippen LogP contribution in [0.25, 0.3) is 0 Å². The molecule has 1 atom stereocenters. The first-order valence-electron chi connectivity index (χ1n) is 11.3. The number of rotatable bonds is 7. The van der Waals surface area contributed by atoms with E-state index in [1.807, 2.05) is 6.07 Å². The van der Waals surface area contributed by atoms with Crippen molar-refractivity contribution in [2.45, 2.75) is 51.1 Å². The number of nitrogens with zero attached hydrogens (tertiary/aromatic N) is 1. The molecule has 0 fully saturated rings. The lowest BCUT2D eigenvalue weighted by Crippen LogP contribution is -2.45. The quantitative estimate of drug-likeness (QED) is 0.509. The second-order valence-electron chi connectivity index (χ2n) is 8.34. The molecule has 2 aliphatic rings. The molecule has 2 N–H and O–H groups in total. The second kappa shape index (κ2) is 10.7. The molecule has 0 saturated heterocycles. The summed E-state index contributed by atoms with van der Waals surface area (Å²) in [6, 6.07) is 12.8. The fraction of sp³-hybridized carbons (Fsp3) is 0.440. The molecule has 2 aromatic rings. The molecule has 1 aromatic carbocycles. The summed E-state index contributed by atoms with van der Waals surface area (Å²) < 4.78 is 0. The molecule has 0 spiro atoms. The highest BCUT2D eigenvalue weighted by Crippen LogP contribution is 2.30. The van der Waals surface area contributed by atoms with Gasteiger partial charge in [-0.2, -0.15) is 0 Å². The van der Waals surface area contributed by atoms with Crippen molar-refractivity contribution in [2.75, 3.05) is 19.6 Å². The molecule has 1 aliphatic heterocycles. The van der Waals surface area contributed by atoms with Crippen molar-refractivity contribution in [1.82, 2.24) is 15.5 Å². The fourth-order valence-electron chi connectivity index (χ4n) is 4.49. The Hall–Kier alpha value is -2.44. The molecular weight excluding hydrogens is 406 g/mol. The summed E-state index contributed by atoms with van der Waals surface area (Å²) in [5, 5.41) is 7.72. The van der Waals surface area contributed by atoms with Crippen LogP contribution in [-0.4, -0.2) is 36.3 Å². The van der Waals surface area contributed by atoms with Gasteiger partial charge >= 0.3 is 11.8 Å². The van der Waals surface area contributed by atoms with Crippen LogP contribution in [-0.2, 0) is 22.6 Å². The summed E-state index contributed by atoms with van der Waals surface area (Å²) in [6.07, 6.45) is 8.85. The van der Waals surface area contributed by atoms with E-state index in [-0.39, 0.29) is 6.04 Å². The standard InChI is InChI=1S/C25H31N3O2S/c29-24(26-14-12-19-7-2-1-3-8-19)25(30)27-17-22(23-11-6-16-31-23)28-15-13-20-9-4-5-10-21(20)18-28/h4-7,9-11,16,22H,1-3,8,12-15,17-18H2,(H,26,29)(H,27,30). The summed E-state index contributed by atoms with van der Waals surface area (Å²) in [4.78, 5) is 28.3. The maximum absolute atomic E-state index is 12.4. The predicted molar refractivity (Wildman–Crippen MR) is 125 cm³/mol. The molecule has 0 bridgehead atoms. The Bertz CT molecular complexity index is 923. The number of hydrogen-bond acceptors (Lipinski definition) is 4. The van der Waals surface area contributed by atoms with E-state index in [0.29, 0.717) is 13.1 Å². The number of amides is 2. The first-order valence-corrected chi connectivity index (χ1v) is 12.2. The molecular formula is C25H31N3O2S. The topological polar surface area (TPSA) is 61.4 Å². The molecule has 2 heterocycles. The highest BCUT2D eigenvalue weighted by molar-refractivity contribution is 7.10. The second-order valence-corrected chi connectivity index (χ2v) is 9.32. The zero-order valence-electron chi connectivity index (χ0n) is 17.9. The van der Waals surface area contributed by atoms with E-state index in [1.165, 1.54) is 34.4 Å². The van der Waals surface area contributed by atoms with Crippen LogP contribution in [0.5, 0.6) is 0 Å². The van der Waals surface area contributed by atoms with E-state index < -0.39 is 11.8 Å².